The van der Waals surface area contributed by atoms with E-state index in [2.05, 4.69) is 55.4 Å². The van der Waals surface area contributed by atoms with Gasteiger partial charge in [0.1, 0.15) is 0 Å². The summed E-state index contributed by atoms with van der Waals surface area (Å²) < 4.78 is 5.97. The lowest BCUT2D eigenvalue weighted by Crippen LogP contribution is -2.38. The zero-order valence-electron chi connectivity index (χ0n) is 12.8. The Morgan fingerprint density at radius 3 is 2.67 bits per heavy atom. The minimum Gasteiger partial charge on any atom is -0.375 e. The van der Waals surface area contributed by atoms with Crippen molar-refractivity contribution in [3.63, 3.8) is 0 Å². The second-order valence-corrected chi connectivity index (χ2v) is 6.08. The monoisotopic (exact) mass is 285 g/mol. The first-order chi connectivity index (χ1) is 10.1. The lowest BCUT2D eigenvalue weighted by molar-refractivity contribution is 0.0475. The molecule has 3 N–H and O–H groups in total. The van der Waals surface area contributed by atoms with Gasteiger partial charge in [-0.3, -0.25) is 16.3 Å². The Labute approximate surface area is 125 Å². The molecular weight excluding hydrogens is 262 g/mol. The Bertz CT molecular complexity index is 630. The topological polar surface area (TPSA) is 60.2 Å². The molecule has 0 aliphatic carbocycles. The predicted molar refractivity (Wildman–Crippen MR) is 84.5 cm³/mol. The normalized spacial score (nSPS) is 30.7. The van der Waals surface area contributed by atoms with Crippen molar-refractivity contribution in [3.05, 3.63) is 42.1 Å². The second-order valence-electron chi connectivity index (χ2n) is 6.08. The summed E-state index contributed by atoms with van der Waals surface area (Å²) in [6, 6.07) is 10.5. The maximum Gasteiger partial charge on any atom is 0.0702 e. The Kier molecular flexibility index (Phi) is 3.93. The molecule has 1 aliphatic heterocycles. The molecule has 0 radical (unpaired) electrons. The summed E-state index contributed by atoms with van der Waals surface area (Å²) in [7, 11) is 0. The zero-order valence-corrected chi connectivity index (χ0v) is 12.8. The van der Waals surface area contributed by atoms with E-state index in [1.165, 1.54) is 5.56 Å². The molecule has 1 saturated heterocycles. The van der Waals surface area contributed by atoms with Crippen LogP contribution in [0.1, 0.15) is 32.4 Å². The number of aromatic nitrogens is 1. The van der Waals surface area contributed by atoms with E-state index in [9.17, 15) is 0 Å². The minimum absolute atomic E-state index is 0.0876. The molecule has 2 heterocycles. The zero-order chi connectivity index (χ0) is 15.0. The number of nitrogens with one attached hydrogen (secondary N) is 1. The van der Waals surface area contributed by atoms with Gasteiger partial charge in [0.15, 0.2) is 0 Å². The Morgan fingerprint density at radius 1 is 1.19 bits per heavy atom. The lowest BCUT2D eigenvalue weighted by atomic mass is 9.80. The number of hydrogen-bond acceptors (Lipinski definition) is 4. The lowest BCUT2D eigenvalue weighted by Gasteiger charge is -2.29. The maximum atomic E-state index is 5.97. The van der Waals surface area contributed by atoms with Gasteiger partial charge in [0.05, 0.1) is 23.8 Å². The van der Waals surface area contributed by atoms with E-state index in [0.717, 1.165) is 10.9 Å². The van der Waals surface area contributed by atoms with Crippen LogP contribution in [0.4, 0.5) is 0 Å². The molecule has 5 atom stereocenters. The van der Waals surface area contributed by atoms with E-state index in [1.54, 1.807) is 0 Å². The third kappa shape index (κ3) is 2.55. The summed E-state index contributed by atoms with van der Waals surface area (Å²) in [5.41, 5.74) is 5.21. The fourth-order valence-electron chi connectivity index (χ4n) is 3.59. The number of ether oxygens (including phenoxy) is 1. The fraction of sp³-hybridized carbons (Fsp3) is 0.471. The van der Waals surface area contributed by atoms with Gasteiger partial charge in [-0.15, -0.1) is 0 Å². The number of benzene rings is 1. The van der Waals surface area contributed by atoms with Crippen LogP contribution in [0.25, 0.3) is 10.9 Å². The average molecular weight is 285 g/mol. The predicted octanol–water partition coefficient (Wildman–Crippen LogP) is 2.80. The van der Waals surface area contributed by atoms with Gasteiger partial charge in [-0.1, -0.05) is 19.1 Å². The van der Waals surface area contributed by atoms with E-state index in [0.29, 0.717) is 11.8 Å². The first-order valence-corrected chi connectivity index (χ1v) is 7.58. The molecule has 0 spiro atoms. The van der Waals surface area contributed by atoms with Crippen LogP contribution in [0.2, 0.25) is 0 Å². The van der Waals surface area contributed by atoms with Gasteiger partial charge in [0.2, 0.25) is 0 Å². The van der Waals surface area contributed by atoms with Gasteiger partial charge in [0, 0.05) is 17.5 Å². The molecule has 1 aliphatic rings. The van der Waals surface area contributed by atoms with Crippen LogP contribution < -0.4 is 11.3 Å². The summed E-state index contributed by atoms with van der Waals surface area (Å²) in [6.07, 6.45) is 2.28. The van der Waals surface area contributed by atoms with Crippen molar-refractivity contribution in [2.45, 2.75) is 39.0 Å². The van der Waals surface area contributed by atoms with Crippen molar-refractivity contribution in [2.24, 2.45) is 17.7 Å². The number of fused-ring (bicyclic) bond motifs is 1. The van der Waals surface area contributed by atoms with Gasteiger partial charge in [-0.2, -0.15) is 0 Å². The number of rotatable bonds is 3. The van der Waals surface area contributed by atoms with Gasteiger partial charge >= 0.3 is 0 Å². The van der Waals surface area contributed by atoms with Crippen molar-refractivity contribution in [1.82, 2.24) is 10.4 Å². The number of nitrogens with zero attached hydrogens (tertiary/aromatic N) is 1. The van der Waals surface area contributed by atoms with E-state index in [4.69, 9.17) is 10.6 Å². The highest BCUT2D eigenvalue weighted by Gasteiger charge is 2.41. The summed E-state index contributed by atoms with van der Waals surface area (Å²) in [6.45, 7) is 6.52. The standard InChI is InChI=1S/C17H23N3O/c1-10-11(2)21-12(3)16(10)17(20-18)14-6-7-15-13(9-14)5-4-8-19-15/h4-12,16-17,20H,18H2,1-3H3. The Balaban J connectivity index is 1.98. The molecule has 2 aromatic rings. The fourth-order valence-corrected chi connectivity index (χ4v) is 3.59. The number of nitrogens with two attached hydrogens (primary N) is 1. The van der Waals surface area contributed by atoms with Crippen molar-refractivity contribution < 1.29 is 4.74 Å². The van der Waals surface area contributed by atoms with Crippen LogP contribution in [-0.2, 0) is 4.74 Å². The molecule has 0 amide bonds. The molecule has 4 heteroatoms. The largest absolute Gasteiger partial charge is 0.375 e. The molecular formula is C17H23N3O. The molecule has 3 rings (SSSR count). The van der Waals surface area contributed by atoms with Crippen LogP contribution >= 0.6 is 0 Å². The summed E-state index contributed by atoms with van der Waals surface area (Å²) >= 11 is 0. The number of pyridine rings is 1. The molecule has 1 fully saturated rings. The van der Waals surface area contributed by atoms with E-state index >= 15 is 0 Å². The first-order valence-electron chi connectivity index (χ1n) is 7.58. The molecule has 1 aromatic heterocycles. The minimum atomic E-state index is 0.0876. The van der Waals surface area contributed by atoms with Crippen LogP contribution in [-0.4, -0.2) is 17.2 Å². The van der Waals surface area contributed by atoms with Crippen molar-refractivity contribution in [1.29, 1.82) is 0 Å². The molecule has 1 aromatic carbocycles. The summed E-state index contributed by atoms with van der Waals surface area (Å²) in [5, 5.41) is 1.14. The molecule has 21 heavy (non-hydrogen) atoms. The second kappa shape index (κ2) is 5.72. The SMILES string of the molecule is CC1OC(C)C(C(NN)c2ccc3ncccc3c2)C1C. The van der Waals surface area contributed by atoms with E-state index < -0.39 is 0 Å². The Morgan fingerprint density at radius 2 is 2.00 bits per heavy atom. The third-order valence-electron chi connectivity index (χ3n) is 4.87. The maximum absolute atomic E-state index is 5.97. The third-order valence-corrected chi connectivity index (χ3v) is 4.87. The average Bonchev–Trinajstić information content (AvgIpc) is 2.74. The summed E-state index contributed by atoms with van der Waals surface area (Å²) in [5.74, 6) is 6.70. The van der Waals surface area contributed by atoms with Crippen molar-refractivity contribution in [2.75, 3.05) is 0 Å². The van der Waals surface area contributed by atoms with Crippen molar-refractivity contribution in [3.8, 4) is 0 Å². The molecule has 112 valence electrons. The summed E-state index contributed by atoms with van der Waals surface area (Å²) in [4.78, 5) is 4.37. The smallest absolute Gasteiger partial charge is 0.0702 e. The molecule has 0 saturated carbocycles. The van der Waals surface area contributed by atoms with Gasteiger partial charge in [-0.05, 0) is 43.5 Å². The van der Waals surface area contributed by atoms with Crippen molar-refractivity contribution >= 4 is 10.9 Å². The number of hydrazine groups is 1. The van der Waals surface area contributed by atoms with Crippen LogP contribution in [0.15, 0.2) is 36.5 Å². The molecule has 0 bridgehead atoms. The van der Waals surface area contributed by atoms with Gasteiger partial charge in [-0.25, -0.2) is 0 Å². The highest BCUT2D eigenvalue weighted by Crippen LogP contribution is 2.40. The molecule has 4 nitrogen and oxygen atoms in total. The van der Waals surface area contributed by atoms with Gasteiger partial charge in [0.25, 0.3) is 0 Å². The molecule has 5 unspecified atom stereocenters. The first kappa shape index (κ1) is 14.4. The highest BCUT2D eigenvalue weighted by molar-refractivity contribution is 5.79. The van der Waals surface area contributed by atoms with E-state index in [1.807, 2.05) is 12.3 Å². The highest BCUT2D eigenvalue weighted by atomic mass is 16.5. The number of hydrogen-bond donors (Lipinski definition) is 2. The van der Waals surface area contributed by atoms with Crippen LogP contribution in [0.3, 0.4) is 0 Å². The Hall–Kier alpha value is -1.49. The quantitative estimate of drug-likeness (QED) is 0.672. The van der Waals surface area contributed by atoms with Crippen LogP contribution in [0.5, 0.6) is 0 Å². The van der Waals surface area contributed by atoms with Gasteiger partial charge < -0.3 is 4.74 Å². The van der Waals surface area contributed by atoms with E-state index in [-0.39, 0.29) is 18.2 Å². The van der Waals surface area contributed by atoms with Crippen LogP contribution in [0, 0.1) is 11.8 Å².